The minimum atomic E-state index is -0.405. The second-order valence-electron chi connectivity index (χ2n) is 4.99. The van der Waals surface area contributed by atoms with Gasteiger partial charge in [0.05, 0.1) is 24.3 Å². The van der Waals surface area contributed by atoms with Crippen molar-refractivity contribution >= 4 is 23.3 Å². The highest BCUT2D eigenvalue weighted by atomic mass is 16.5. The Hall–Kier alpha value is -3.33. The second-order valence-corrected chi connectivity index (χ2v) is 4.99. The molecule has 0 heterocycles. The van der Waals surface area contributed by atoms with Gasteiger partial charge in [-0.1, -0.05) is 6.07 Å². The number of rotatable bonds is 6. The highest BCUT2D eigenvalue weighted by molar-refractivity contribution is 5.91. The van der Waals surface area contributed by atoms with Crippen LogP contribution in [-0.2, 0) is 9.53 Å². The van der Waals surface area contributed by atoms with Gasteiger partial charge in [0.15, 0.2) is 0 Å². The molecule has 2 aromatic carbocycles. The zero-order valence-corrected chi connectivity index (χ0v) is 13.2. The van der Waals surface area contributed by atoms with Crippen LogP contribution < -0.4 is 10.6 Å². The molecule has 2 N–H and O–H groups in total. The summed E-state index contributed by atoms with van der Waals surface area (Å²) in [5, 5.41) is 14.6. The molecule has 0 spiro atoms. The van der Waals surface area contributed by atoms with Crippen molar-refractivity contribution in [2.24, 2.45) is 0 Å². The first-order chi connectivity index (χ1) is 11.6. The molecule has 0 aromatic heterocycles. The Morgan fingerprint density at radius 2 is 1.88 bits per heavy atom. The third-order valence-corrected chi connectivity index (χ3v) is 3.26. The van der Waals surface area contributed by atoms with E-state index in [-0.39, 0.29) is 12.3 Å². The van der Waals surface area contributed by atoms with E-state index < -0.39 is 5.97 Å². The monoisotopic (exact) mass is 323 g/mol. The fourth-order valence-corrected chi connectivity index (χ4v) is 2.05. The summed E-state index contributed by atoms with van der Waals surface area (Å²) in [6.07, 6.45) is 0.266. The molecule has 0 bridgehead atoms. The van der Waals surface area contributed by atoms with Crippen molar-refractivity contribution in [3.8, 4) is 6.07 Å². The number of carbonyl (C=O) groups is 2. The van der Waals surface area contributed by atoms with Crippen LogP contribution in [0.1, 0.15) is 22.3 Å². The summed E-state index contributed by atoms with van der Waals surface area (Å²) < 4.78 is 4.67. The maximum Gasteiger partial charge on any atom is 0.337 e. The number of methoxy groups -OCH3 is 1. The molecule has 6 nitrogen and oxygen atoms in total. The first-order valence-electron chi connectivity index (χ1n) is 7.34. The van der Waals surface area contributed by atoms with Gasteiger partial charge in [-0.15, -0.1) is 0 Å². The highest BCUT2D eigenvalue weighted by Gasteiger charge is 2.06. The van der Waals surface area contributed by atoms with E-state index in [4.69, 9.17) is 5.26 Å². The summed E-state index contributed by atoms with van der Waals surface area (Å²) in [6.45, 7) is 0.423. The van der Waals surface area contributed by atoms with E-state index in [1.54, 1.807) is 42.5 Å². The molecule has 0 unspecified atom stereocenters. The lowest BCUT2D eigenvalue weighted by atomic mass is 10.2. The average Bonchev–Trinajstić information content (AvgIpc) is 2.62. The van der Waals surface area contributed by atoms with Gasteiger partial charge in [0.2, 0.25) is 5.91 Å². The SMILES string of the molecule is COC(=O)c1cccc(NCCC(=O)Nc2ccc(C#N)cc2)c1. The number of nitriles is 1. The third kappa shape index (κ3) is 4.85. The predicted molar refractivity (Wildman–Crippen MR) is 90.7 cm³/mol. The van der Waals surface area contributed by atoms with Gasteiger partial charge < -0.3 is 15.4 Å². The third-order valence-electron chi connectivity index (χ3n) is 3.26. The van der Waals surface area contributed by atoms with Gasteiger partial charge in [0.25, 0.3) is 0 Å². The summed E-state index contributed by atoms with van der Waals surface area (Å²) in [7, 11) is 1.33. The fraction of sp³-hybridized carbons (Fsp3) is 0.167. The molecule has 2 rings (SSSR count). The first-order valence-corrected chi connectivity index (χ1v) is 7.34. The smallest absolute Gasteiger partial charge is 0.337 e. The molecule has 0 saturated heterocycles. The van der Waals surface area contributed by atoms with E-state index in [1.165, 1.54) is 7.11 Å². The van der Waals surface area contributed by atoms with Gasteiger partial charge in [0.1, 0.15) is 0 Å². The number of hydrogen-bond acceptors (Lipinski definition) is 5. The normalized spacial score (nSPS) is 9.67. The summed E-state index contributed by atoms with van der Waals surface area (Å²) in [4.78, 5) is 23.4. The quantitative estimate of drug-likeness (QED) is 0.798. The minimum absolute atomic E-state index is 0.142. The molecule has 1 amide bonds. The topological polar surface area (TPSA) is 91.2 Å². The number of amides is 1. The number of nitrogens with zero attached hydrogens (tertiary/aromatic N) is 1. The molecular formula is C18H17N3O3. The average molecular weight is 323 g/mol. The van der Waals surface area contributed by atoms with Crippen LogP contribution in [0.3, 0.4) is 0 Å². The van der Waals surface area contributed by atoms with E-state index in [0.29, 0.717) is 23.4 Å². The molecule has 0 aliphatic carbocycles. The molecular weight excluding hydrogens is 306 g/mol. The van der Waals surface area contributed by atoms with Gasteiger partial charge in [-0.2, -0.15) is 5.26 Å². The number of ether oxygens (including phenoxy) is 1. The van der Waals surface area contributed by atoms with Crippen molar-refractivity contribution in [3.05, 3.63) is 59.7 Å². The Labute approximate surface area is 140 Å². The molecule has 0 aliphatic rings. The molecule has 6 heteroatoms. The lowest BCUT2D eigenvalue weighted by Gasteiger charge is -2.08. The lowest BCUT2D eigenvalue weighted by molar-refractivity contribution is -0.115. The van der Waals surface area contributed by atoms with Crippen LogP contribution in [0.25, 0.3) is 0 Å². The molecule has 122 valence electrons. The number of anilines is 2. The Morgan fingerprint density at radius 3 is 2.54 bits per heavy atom. The van der Waals surface area contributed by atoms with Crippen LogP contribution in [0.5, 0.6) is 0 Å². The molecule has 24 heavy (non-hydrogen) atoms. The number of nitrogens with one attached hydrogen (secondary N) is 2. The molecule has 0 fully saturated rings. The van der Waals surface area contributed by atoms with Crippen molar-refractivity contribution in [3.63, 3.8) is 0 Å². The number of carbonyl (C=O) groups excluding carboxylic acids is 2. The largest absolute Gasteiger partial charge is 0.465 e. The minimum Gasteiger partial charge on any atom is -0.465 e. The molecule has 2 aromatic rings. The zero-order valence-electron chi connectivity index (χ0n) is 13.2. The molecule has 0 atom stereocenters. The maximum atomic E-state index is 11.9. The highest BCUT2D eigenvalue weighted by Crippen LogP contribution is 2.12. The summed E-state index contributed by atoms with van der Waals surface area (Å²) >= 11 is 0. The van der Waals surface area contributed by atoms with Gasteiger partial charge >= 0.3 is 5.97 Å². The van der Waals surface area contributed by atoms with Gasteiger partial charge in [-0.05, 0) is 42.5 Å². The van der Waals surface area contributed by atoms with Crippen molar-refractivity contribution in [2.45, 2.75) is 6.42 Å². The fourth-order valence-electron chi connectivity index (χ4n) is 2.05. The molecule has 0 radical (unpaired) electrons. The van der Waals surface area contributed by atoms with E-state index in [9.17, 15) is 9.59 Å². The summed E-state index contributed by atoms with van der Waals surface area (Å²) in [5.74, 6) is -0.548. The van der Waals surface area contributed by atoms with Crippen LogP contribution in [0, 0.1) is 11.3 Å². The first kappa shape index (κ1) is 17.0. The van der Waals surface area contributed by atoms with Crippen molar-refractivity contribution in [1.82, 2.24) is 0 Å². The summed E-state index contributed by atoms with van der Waals surface area (Å²) in [5.41, 5.74) is 2.38. The Bertz CT molecular complexity index is 764. The number of benzene rings is 2. The van der Waals surface area contributed by atoms with E-state index in [2.05, 4.69) is 15.4 Å². The Kier molecular flexibility index (Phi) is 5.92. The van der Waals surface area contributed by atoms with Gasteiger partial charge in [-0.3, -0.25) is 4.79 Å². The van der Waals surface area contributed by atoms with Crippen LogP contribution in [0.15, 0.2) is 48.5 Å². The number of esters is 1. The zero-order chi connectivity index (χ0) is 17.4. The van der Waals surface area contributed by atoms with Crippen LogP contribution in [0.4, 0.5) is 11.4 Å². The van der Waals surface area contributed by atoms with Crippen LogP contribution in [-0.4, -0.2) is 25.5 Å². The molecule has 0 saturated carbocycles. The Morgan fingerprint density at radius 1 is 1.12 bits per heavy atom. The van der Waals surface area contributed by atoms with Gasteiger partial charge in [-0.25, -0.2) is 4.79 Å². The van der Waals surface area contributed by atoms with Crippen molar-refractivity contribution in [1.29, 1.82) is 5.26 Å². The maximum absolute atomic E-state index is 11.9. The Balaban J connectivity index is 1.82. The van der Waals surface area contributed by atoms with Crippen molar-refractivity contribution < 1.29 is 14.3 Å². The summed E-state index contributed by atoms with van der Waals surface area (Å²) in [6, 6.07) is 15.6. The van der Waals surface area contributed by atoms with E-state index in [1.807, 2.05) is 12.1 Å². The molecule has 0 aliphatic heterocycles. The van der Waals surface area contributed by atoms with Gasteiger partial charge in [0, 0.05) is 24.3 Å². The van der Waals surface area contributed by atoms with Crippen molar-refractivity contribution in [2.75, 3.05) is 24.3 Å². The second kappa shape index (κ2) is 8.34. The standard InChI is InChI=1S/C18H17N3O3/c1-24-18(23)14-3-2-4-16(11-14)20-10-9-17(22)21-15-7-5-13(12-19)6-8-15/h2-8,11,20H,9-10H2,1H3,(H,21,22). The van der Waals surface area contributed by atoms with E-state index >= 15 is 0 Å². The van der Waals surface area contributed by atoms with E-state index in [0.717, 1.165) is 5.69 Å². The number of hydrogen-bond donors (Lipinski definition) is 2. The predicted octanol–water partition coefficient (Wildman–Crippen LogP) is 2.79. The lowest BCUT2D eigenvalue weighted by Crippen LogP contribution is -2.16. The van der Waals surface area contributed by atoms with Crippen LogP contribution >= 0.6 is 0 Å². The van der Waals surface area contributed by atoms with Crippen LogP contribution in [0.2, 0.25) is 0 Å².